The van der Waals surface area contributed by atoms with Gasteiger partial charge in [-0.05, 0) is 83.5 Å². The third-order valence-electron chi connectivity index (χ3n) is 12.6. The van der Waals surface area contributed by atoms with Crippen LogP contribution < -0.4 is 0 Å². The number of rotatable bonds is 53. The normalized spacial score (nSPS) is 12.8. The second kappa shape index (κ2) is 58.9. The van der Waals surface area contributed by atoms with Crippen LogP contribution in [0.5, 0.6) is 0 Å². The molecule has 0 amide bonds. The second-order valence-corrected chi connectivity index (χ2v) is 19.5. The average Bonchev–Trinajstić information content (AvgIpc) is 3.37. The van der Waals surface area contributed by atoms with E-state index in [9.17, 15) is 14.4 Å². The summed E-state index contributed by atoms with van der Waals surface area (Å²) < 4.78 is 16.8. The monoisotopic (exact) mass is 987 g/mol. The third kappa shape index (κ3) is 57.1. The molecule has 0 aromatic carbocycles. The lowest BCUT2D eigenvalue weighted by Gasteiger charge is -2.18. The molecule has 1 unspecified atom stereocenters. The van der Waals surface area contributed by atoms with Gasteiger partial charge in [-0.15, -0.1) is 0 Å². The van der Waals surface area contributed by atoms with Crippen LogP contribution in [0.25, 0.3) is 0 Å². The molecule has 0 fully saturated rings. The molecule has 0 aromatic heterocycles. The van der Waals surface area contributed by atoms with Gasteiger partial charge >= 0.3 is 17.9 Å². The van der Waals surface area contributed by atoms with Crippen molar-refractivity contribution in [2.75, 3.05) is 13.2 Å². The van der Waals surface area contributed by atoms with Gasteiger partial charge < -0.3 is 14.2 Å². The predicted octanol–water partition coefficient (Wildman–Crippen LogP) is 20.1. The van der Waals surface area contributed by atoms with Crippen molar-refractivity contribution in [3.63, 3.8) is 0 Å². The summed E-state index contributed by atoms with van der Waals surface area (Å²) in [6, 6.07) is 0. The molecular weight excluding hydrogens is 877 g/mol. The average molecular weight is 988 g/mol. The molecule has 0 rings (SSSR count). The molecule has 0 aromatic rings. The number of unbranched alkanes of at least 4 members (excludes halogenated alkanes) is 27. The number of esters is 3. The Morgan fingerprint density at radius 3 is 0.930 bits per heavy atom. The number of allylic oxidation sites excluding steroid dienone is 15. The summed E-state index contributed by atoms with van der Waals surface area (Å²) in [7, 11) is 0. The highest BCUT2D eigenvalue weighted by Gasteiger charge is 2.19. The smallest absolute Gasteiger partial charge is 0.310 e. The van der Waals surface area contributed by atoms with Crippen molar-refractivity contribution in [1.29, 1.82) is 0 Å². The highest BCUT2D eigenvalue weighted by Crippen LogP contribution is 2.15. The lowest BCUT2D eigenvalue weighted by molar-refractivity contribution is -0.166. The minimum absolute atomic E-state index is 0.0960. The standard InChI is InChI=1S/C65H110O6/c1-4-7-10-13-16-19-22-25-27-28-29-30-31-32-33-34-35-36-38-40-43-46-49-52-55-58-64(67)70-61-62(60-69-63(66)57-54-51-48-45-42-39-24-21-18-15-12-9-6-3)71-65(68)59-56-53-50-47-44-41-37-26-23-20-17-14-11-8-5-2/h8,11,17,20,22,25-26,28-29,31-32,37,44,47,53,56,62H,4-7,9-10,12-16,18-19,21,23-24,27,30,33-36,38-43,45-46,48-52,54-55,57-61H2,1-3H3/b11-8-,20-17-,25-22-,29-28-,32-31-,37-26-,47-44-,56-53-. The molecular formula is C65H110O6. The van der Waals surface area contributed by atoms with Crippen molar-refractivity contribution < 1.29 is 28.6 Å². The molecule has 0 radical (unpaired) electrons. The highest BCUT2D eigenvalue weighted by molar-refractivity contribution is 5.72. The fourth-order valence-corrected chi connectivity index (χ4v) is 8.17. The summed E-state index contributed by atoms with van der Waals surface area (Å²) in [5.41, 5.74) is 0. The van der Waals surface area contributed by atoms with Crippen LogP contribution in [0.1, 0.15) is 278 Å². The summed E-state index contributed by atoms with van der Waals surface area (Å²) in [5.74, 6) is -1.05. The van der Waals surface area contributed by atoms with E-state index in [1.54, 1.807) is 6.08 Å². The zero-order valence-corrected chi connectivity index (χ0v) is 46.5. The lowest BCUT2D eigenvalue weighted by atomic mass is 10.0. The molecule has 0 aliphatic heterocycles. The molecule has 6 heteroatoms. The van der Waals surface area contributed by atoms with Crippen molar-refractivity contribution in [2.24, 2.45) is 0 Å². The number of carbonyl (C=O) groups is 3. The van der Waals surface area contributed by atoms with Gasteiger partial charge in [0.15, 0.2) is 6.10 Å². The van der Waals surface area contributed by atoms with Crippen LogP contribution in [0.4, 0.5) is 0 Å². The summed E-state index contributed by atoms with van der Waals surface area (Å²) in [6.07, 6.45) is 78.6. The van der Waals surface area contributed by atoms with Gasteiger partial charge in [-0.2, -0.15) is 0 Å². The van der Waals surface area contributed by atoms with Gasteiger partial charge in [0, 0.05) is 12.8 Å². The van der Waals surface area contributed by atoms with Crippen LogP contribution in [-0.2, 0) is 28.6 Å². The fourth-order valence-electron chi connectivity index (χ4n) is 8.17. The van der Waals surface area contributed by atoms with E-state index in [1.165, 1.54) is 154 Å². The first-order valence-corrected chi connectivity index (χ1v) is 29.7. The Bertz CT molecular complexity index is 1410. The summed E-state index contributed by atoms with van der Waals surface area (Å²) in [6.45, 7) is 6.44. The largest absolute Gasteiger partial charge is 0.462 e. The van der Waals surface area contributed by atoms with Crippen molar-refractivity contribution in [2.45, 2.75) is 284 Å². The van der Waals surface area contributed by atoms with Crippen LogP contribution in [0.2, 0.25) is 0 Å². The number of carbonyl (C=O) groups excluding carboxylic acids is 3. The first kappa shape index (κ1) is 67.3. The van der Waals surface area contributed by atoms with Gasteiger partial charge in [0.25, 0.3) is 0 Å². The van der Waals surface area contributed by atoms with E-state index in [-0.39, 0.29) is 31.6 Å². The van der Waals surface area contributed by atoms with Crippen molar-refractivity contribution >= 4 is 17.9 Å². The Balaban J connectivity index is 4.38. The van der Waals surface area contributed by atoms with Gasteiger partial charge in [0.1, 0.15) is 13.2 Å². The molecule has 406 valence electrons. The van der Waals surface area contributed by atoms with Crippen molar-refractivity contribution in [3.05, 3.63) is 97.2 Å². The maximum absolute atomic E-state index is 12.8. The van der Waals surface area contributed by atoms with Crippen LogP contribution in [0.15, 0.2) is 97.2 Å². The molecule has 0 aliphatic rings. The van der Waals surface area contributed by atoms with Gasteiger partial charge in [-0.25, -0.2) is 0 Å². The van der Waals surface area contributed by atoms with Crippen molar-refractivity contribution in [3.8, 4) is 0 Å². The minimum Gasteiger partial charge on any atom is -0.462 e. The van der Waals surface area contributed by atoms with Crippen LogP contribution in [0.3, 0.4) is 0 Å². The number of hydrogen-bond acceptors (Lipinski definition) is 6. The number of hydrogen-bond donors (Lipinski definition) is 0. The fraction of sp³-hybridized carbons (Fsp3) is 0.708. The topological polar surface area (TPSA) is 78.9 Å². The Kier molecular flexibility index (Phi) is 55.9. The molecule has 71 heavy (non-hydrogen) atoms. The molecule has 0 saturated carbocycles. The maximum Gasteiger partial charge on any atom is 0.310 e. The first-order chi connectivity index (χ1) is 35.0. The highest BCUT2D eigenvalue weighted by atomic mass is 16.6. The van der Waals surface area contributed by atoms with Crippen molar-refractivity contribution in [1.82, 2.24) is 0 Å². The van der Waals surface area contributed by atoms with Gasteiger partial charge in [0.05, 0.1) is 6.42 Å². The Morgan fingerprint density at radius 2 is 0.592 bits per heavy atom. The Hall–Kier alpha value is -3.67. The van der Waals surface area contributed by atoms with E-state index in [4.69, 9.17) is 14.2 Å². The molecule has 1 atom stereocenters. The molecule has 0 bridgehead atoms. The van der Waals surface area contributed by atoms with Crippen LogP contribution in [0, 0.1) is 0 Å². The first-order valence-electron chi connectivity index (χ1n) is 29.7. The van der Waals surface area contributed by atoms with Gasteiger partial charge in [0.2, 0.25) is 0 Å². The summed E-state index contributed by atoms with van der Waals surface area (Å²) in [4.78, 5) is 38.1. The summed E-state index contributed by atoms with van der Waals surface area (Å²) in [5, 5.41) is 0. The maximum atomic E-state index is 12.8. The van der Waals surface area contributed by atoms with E-state index in [2.05, 4.69) is 106 Å². The SMILES string of the molecule is CC/C=C\C/C=C\C/C=C\C/C=C\C/C=C\CC(=O)OC(COC(=O)CCCCCCCCCCCC/C=C\C/C=C\C/C=C\CCCCCCC)COC(=O)CCCCCCCCCCCCCCC. The lowest BCUT2D eigenvalue weighted by Crippen LogP contribution is -2.30. The predicted molar refractivity (Wildman–Crippen MR) is 307 cm³/mol. The van der Waals surface area contributed by atoms with E-state index in [0.29, 0.717) is 12.8 Å². The Labute approximate surface area is 438 Å². The quantitative estimate of drug-likeness (QED) is 0.0261. The molecule has 0 aliphatic carbocycles. The molecule has 0 N–H and O–H groups in total. The van der Waals surface area contributed by atoms with E-state index >= 15 is 0 Å². The minimum atomic E-state index is -0.833. The zero-order valence-electron chi connectivity index (χ0n) is 46.5. The number of ether oxygens (including phenoxy) is 3. The van der Waals surface area contributed by atoms with Crippen LogP contribution in [-0.4, -0.2) is 37.2 Å². The zero-order chi connectivity index (χ0) is 51.4. The van der Waals surface area contributed by atoms with E-state index in [1.807, 2.05) is 6.08 Å². The molecule has 6 nitrogen and oxygen atoms in total. The molecule has 0 saturated heterocycles. The van der Waals surface area contributed by atoms with Gasteiger partial charge in [-0.1, -0.05) is 272 Å². The summed E-state index contributed by atoms with van der Waals surface area (Å²) >= 11 is 0. The second-order valence-electron chi connectivity index (χ2n) is 19.5. The van der Waals surface area contributed by atoms with E-state index < -0.39 is 12.1 Å². The molecule has 0 heterocycles. The van der Waals surface area contributed by atoms with E-state index in [0.717, 1.165) is 83.5 Å². The third-order valence-corrected chi connectivity index (χ3v) is 12.6. The Morgan fingerprint density at radius 1 is 0.310 bits per heavy atom. The molecule has 0 spiro atoms. The van der Waals surface area contributed by atoms with Crippen LogP contribution >= 0.6 is 0 Å². The van der Waals surface area contributed by atoms with Gasteiger partial charge in [-0.3, -0.25) is 14.4 Å².